The number of halogens is 1. The van der Waals surface area contributed by atoms with Gasteiger partial charge < -0.3 is 10.1 Å². The summed E-state index contributed by atoms with van der Waals surface area (Å²) in [6.07, 6.45) is 2.18. The minimum Gasteiger partial charge on any atom is -0.380 e. The lowest BCUT2D eigenvalue weighted by molar-refractivity contribution is 0.0945. The molecule has 1 saturated carbocycles. The van der Waals surface area contributed by atoms with Crippen LogP contribution < -0.4 is 5.32 Å². The summed E-state index contributed by atoms with van der Waals surface area (Å²) in [7, 11) is 1.63. The van der Waals surface area contributed by atoms with E-state index in [1.807, 2.05) is 36.4 Å². The van der Waals surface area contributed by atoms with E-state index in [1.54, 1.807) is 7.11 Å². The van der Waals surface area contributed by atoms with Gasteiger partial charge in [0.1, 0.15) is 0 Å². The van der Waals surface area contributed by atoms with Gasteiger partial charge >= 0.3 is 0 Å². The van der Waals surface area contributed by atoms with Gasteiger partial charge in [-0.3, -0.25) is 4.79 Å². The van der Waals surface area contributed by atoms with Crippen molar-refractivity contribution in [2.24, 2.45) is 0 Å². The SMILES string of the molecule is COCc1ccccc1C(=O)NCC1(c2ccc(Cl)cc2)CC1. The van der Waals surface area contributed by atoms with Crippen molar-refractivity contribution in [3.63, 3.8) is 0 Å². The van der Waals surface area contributed by atoms with Crippen LogP contribution in [0.5, 0.6) is 0 Å². The molecule has 2 aromatic rings. The van der Waals surface area contributed by atoms with Gasteiger partial charge in [-0.1, -0.05) is 41.9 Å². The fourth-order valence-electron chi connectivity index (χ4n) is 2.89. The molecule has 1 fully saturated rings. The van der Waals surface area contributed by atoms with Gasteiger partial charge in [0, 0.05) is 29.7 Å². The molecule has 0 spiro atoms. The standard InChI is InChI=1S/C19H20ClNO2/c1-23-12-14-4-2-3-5-17(14)18(22)21-13-19(10-11-19)15-6-8-16(20)9-7-15/h2-9H,10-13H2,1H3,(H,21,22). The number of methoxy groups -OCH3 is 1. The summed E-state index contributed by atoms with van der Waals surface area (Å²) in [6.45, 7) is 1.08. The van der Waals surface area contributed by atoms with Crippen molar-refractivity contribution in [2.75, 3.05) is 13.7 Å². The van der Waals surface area contributed by atoms with E-state index in [0.717, 1.165) is 23.4 Å². The van der Waals surface area contributed by atoms with Gasteiger partial charge in [-0.2, -0.15) is 0 Å². The highest BCUT2D eigenvalue weighted by Crippen LogP contribution is 2.47. The molecule has 1 N–H and O–H groups in total. The van der Waals surface area contributed by atoms with E-state index < -0.39 is 0 Å². The average molecular weight is 330 g/mol. The van der Waals surface area contributed by atoms with Crippen molar-refractivity contribution in [3.05, 3.63) is 70.2 Å². The van der Waals surface area contributed by atoms with Crippen molar-refractivity contribution in [1.82, 2.24) is 5.32 Å². The largest absolute Gasteiger partial charge is 0.380 e. The normalized spacial score (nSPS) is 15.2. The quantitative estimate of drug-likeness (QED) is 0.871. The van der Waals surface area contributed by atoms with Crippen molar-refractivity contribution in [1.29, 1.82) is 0 Å². The van der Waals surface area contributed by atoms with E-state index in [4.69, 9.17) is 16.3 Å². The van der Waals surface area contributed by atoms with Gasteiger partial charge in [0.25, 0.3) is 5.91 Å². The highest BCUT2D eigenvalue weighted by molar-refractivity contribution is 6.30. The van der Waals surface area contributed by atoms with Crippen LogP contribution >= 0.6 is 11.6 Å². The first kappa shape index (κ1) is 16.0. The predicted octanol–water partition coefficient (Wildman–Crippen LogP) is 3.95. The van der Waals surface area contributed by atoms with Crippen molar-refractivity contribution in [2.45, 2.75) is 24.9 Å². The van der Waals surface area contributed by atoms with E-state index in [0.29, 0.717) is 18.7 Å². The maximum Gasteiger partial charge on any atom is 0.251 e. The third-order valence-corrected chi connectivity index (χ3v) is 4.71. The third kappa shape index (κ3) is 3.57. The molecule has 0 saturated heterocycles. The molecule has 0 heterocycles. The molecule has 0 atom stereocenters. The molecule has 4 heteroatoms. The number of hydrogen-bond donors (Lipinski definition) is 1. The van der Waals surface area contributed by atoms with E-state index in [2.05, 4.69) is 17.4 Å². The Bertz CT molecular complexity index is 693. The molecule has 1 amide bonds. The summed E-state index contributed by atoms with van der Waals surface area (Å²) in [6, 6.07) is 15.5. The van der Waals surface area contributed by atoms with Crippen molar-refractivity contribution >= 4 is 17.5 Å². The van der Waals surface area contributed by atoms with Gasteiger partial charge in [-0.15, -0.1) is 0 Å². The monoisotopic (exact) mass is 329 g/mol. The number of hydrogen-bond acceptors (Lipinski definition) is 2. The van der Waals surface area contributed by atoms with Crippen LogP contribution in [-0.4, -0.2) is 19.6 Å². The smallest absolute Gasteiger partial charge is 0.251 e. The molecule has 0 bridgehead atoms. The van der Waals surface area contributed by atoms with Crippen LogP contribution in [0.1, 0.15) is 34.3 Å². The Morgan fingerprint density at radius 1 is 1.17 bits per heavy atom. The predicted molar refractivity (Wildman–Crippen MR) is 91.9 cm³/mol. The molecule has 0 aliphatic heterocycles. The molecule has 3 rings (SSSR count). The Hall–Kier alpha value is -1.84. The van der Waals surface area contributed by atoms with E-state index in [-0.39, 0.29) is 11.3 Å². The minimum atomic E-state index is -0.0436. The second kappa shape index (κ2) is 6.73. The average Bonchev–Trinajstić information content (AvgIpc) is 3.35. The molecule has 0 radical (unpaired) electrons. The molecule has 1 aliphatic carbocycles. The van der Waals surface area contributed by atoms with E-state index in [1.165, 1.54) is 5.56 Å². The van der Waals surface area contributed by atoms with Crippen LogP contribution in [0.15, 0.2) is 48.5 Å². The first-order chi connectivity index (χ1) is 11.1. The molecule has 3 nitrogen and oxygen atoms in total. The van der Waals surface area contributed by atoms with Crippen LogP contribution in [0, 0.1) is 0 Å². The third-order valence-electron chi connectivity index (χ3n) is 4.46. The number of amides is 1. The fraction of sp³-hybridized carbons (Fsp3) is 0.316. The number of carbonyl (C=O) groups is 1. The van der Waals surface area contributed by atoms with Gasteiger partial charge in [-0.25, -0.2) is 0 Å². The first-order valence-corrected chi connectivity index (χ1v) is 8.13. The number of rotatable bonds is 6. The molecule has 1 aliphatic rings. The Kier molecular flexibility index (Phi) is 4.69. The lowest BCUT2D eigenvalue weighted by atomic mass is 9.96. The molecular formula is C19H20ClNO2. The molecular weight excluding hydrogens is 310 g/mol. The lowest BCUT2D eigenvalue weighted by Crippen LogP contribution is -2.32. The number of ether oxygens (including phenoxy) is 1. The number of nitrogens with one attached hydrogen (secondary N) is 1. The summed E-state index contributed by atoms with van der Waals surface area (Å²) < 4.78 is 5.16. The summed E-state index contributed by atoms with van der Waals surface area (Å²) in [5.41, 5.74) is 2.90. The zero-order valence-electron chi connectivity index (χ0n) is 13.1. The van der Waals surface area contributed by atoms with Gasteiger partial charge in [-0.05, 0) is 42.2 Å². The van der Waals surface area contributed by atoms with Crippen molar-refractivity contribution < 1.29 is 9.53 Å². The van der Waals surface area contributed by atoms with Crippen LogP contribution in [0.3, 0.4) is 0 Å². The number of benzene rings is 2. The summed E-state index contributed by atoms with van der Waals surface area (Å²) >= 11 is 5.96. The van der Waals surface area contributed by atoms with Gasteiger partial charge in [0.05, 0.1) is 6.61 Å². The van der Waals surface area contributed by atoms with Gasteiger partial charge in [0.15, 0.2) is 0 Å². The highest BCUT2D eigenvalue weighted by atomic mass is 35.5. The molecule has 0 aromatic heterocycles. The molecule has 0 unspecified atom stereocenters. The Morgan fingerprint density at radius 3 is 2.52 bits per heavy atom. The first-order valence-electron chi connectivity index (χ1n) is 7.76. The Morgan fingerprint density at radius 2 is 1.87 bits per heavy atom. The van der Waals surface area contributed by atoms with Crippen molar-refractivity contribution in [3.8, 4) is 0 Å². The topological polar surface area (TPSA) is 38.3 Å². The highest BCUT2D eigenvalue weighted by Gasteiger charge is 2.44. The zero-order chi connectivity index (χ0) is 16.3. The minimum absolute atomic E-state index is 0.0436. The van der Waals surface area contributed by atoms with Crippen LogP contribution in [-0.2, 0) is 16.8 Å². The summed E-state index contributed by atoms with van der Waals surface area (Å²) in [5.74, 6) is -0.0436. The molecule has 2 aromatic carbocycles. The second-order valence-corrected chi connectivity index (χ2v) is 6.50. The van der Waals surface area contributed by atoms with Crippen LogP contribution in [0.25, 0.3) is 0 Å². The molecule has 23 heavy (non-hydrogen) atoms. The maximum atomic E-state index is 12.5. The Balaban J connectivity index is 1.69. The molecule has 120 valence electrons. The van der Waals surface area contributed by atoms with E-state index >= 15 is 0 Å². The zero-order valence-corrected chi connectivity index (χ0v) is 13.9. The summed E-state index contributed by atoms with van der Waals surface area (Å²) in [5, 5.41) is 3.82. The Labute approximate surface area is 141 Å². The van der Waals surface area contributed by atoms with Gasteiger partial charge in [0.2, 0.25) is 0 Å². The van der Waals surface area contributed by atoms with Crippen LogP contribution in [0.4, 0.5) is 0 Å². The lowest BCUT2D eigenvalue weighted by Gasteiger charge is -2.17. The maximum absolute atomic E-state index is 12.5. The number of carbonyl (C=O) groups excluding carboxylic acids is 1. The summed E-state index contributed by atoms with van der Waals surface area (Å²) in [4.78, 5) is 12.5. The fourth-order valence-corrected chi connectivity index (χ4v) is 3.02. The van der Waals surface area contributed by atoms with Crippen LogP contribution in [0.2, 0.25) is 5.02 Å². The second-order valence-electron chi connectivity index (χ2n) is 6.06. The van der Waals surface area contributed by atoms with E-state index in [9.17, 15) is 4.79 Å².